The highest BCUT2D eigenvalue weighted by molar-refractivity contribution is 9.10. The van der Waals surface area contributed by atoms with Gasteiger partial charge < -0.3 is 15.1 Å². The van der Waals surface area contributed by atoms with Crippen molar-refractivity contribution in [3.8, 4) is 0 Å². The van der Waals surface area contributed by atoms with E-state index in [9.17, 15) is 9.59 Å². The van der Waals surface area contributed by atoms with Gasteiger partial charge >= 0.3 is 0 Å². The zero-order valence-corrected chi connectivity index (χ0v) is 23.3. The fourth-order valence-corrected chi connectivity index (χ4v) is 5.64. The van der Waals surface area contributed by atoms with Crippen LogP contribution in [0.2, 0.25) is 5.02 Å². The quantitative estimate of drug-likeness (QED) is 0.415. The van der Waals surface area contributed by atoms with E-state index in [2.05, 4.69) is 38.3 Å². The summed E-state index contributed by atoms with van der Waals surface area (Å²) in [6.45, 7) is 6.12. The Hall–Kier alpha value is -1.60. The smallest absolute Gasteiger partial charge is 0.229 e. The van der Waals surface area contributed by atoms with Crippen molar-refractivity contribution < 1.29 is 9.59 Å². The Kier molecular flexibility index (Phi) is 10.1. The van der Waals surface area contributed by atoms with E-state index >= 15 is 0 Å². The third kappa shape index (κ3) is 7.00. The Morgan fingerprint density at radius 2 is 1.80 bits per heavy atom. The van der Waals surface area contributed by atoms with Crippen LogP contribution in [0.25, 0.3) is 0 Å². The molecule has 2 heterocycles. The highest BCUT2D eigenvalue weighted by atomic mass is 79.9. The van der Waals surface area contributed by atoms with Crippen LogP contribution < -0.4 is 5.32 Å². The molecule has 1 atom stereocenters. The van der Waals surface area contributed by atoms with Crippen LogP contribution in [0.4, 0.5) is 0 Å². The summed E-state index contributed by atoms with van der Waals surface area (Å²) in [5.74, 6) is 0.368. The lowest BCUT2D eigenvalue weighted by molar-refractivity contribution is -0.139. The average molecular weight is 583 g/mol. The van der Waals surface area contributed by atoms with E-state index < -0.39 is 0 Å². The maximum Gasteiger partial charge on any atom is 0.229 e. The molecule has 0 saturated carbocycles. The number of rotatable bonds is 8. The van der Waals surface area contributed by atoms with Gasteiger partial charge in [-0.25, -0.2) is 0 Å². The zero-order valence-electron chi connectivity index (χ0n) is 20.1. The third-order valence-corrected chi connectivity index (χ3v) is 8.11. The fraction of sp³-hybridized carbons (Fsp3) is 0.481. The molecule has 0 radical (unpaired) electrons. The lowest BCUT2D eigenvalue weighted by Gasteiger charge is -2.38. The van der Waals surface area contributed by atoms with Crippen LogP contribution >= 0.6 is 39.9 Å². The third-order valence-electron chi connectivity index (χ3n) is 7.34. The van der Waals surface area contributed by atoms with Crippen molar-refractivity contribution in [3.63, 3.8) is 0 Å². The van der Waals surface area contributed by atoms with Crippen LogP contribution in [0.5, 0.6) is 0 Å². The number of carbonyl (C=O) groups is 2. The minimum Gasteiger partial charge on any atom is -0.349 e. The molecule has 8 heteroatoms. The Morgan fingerprint density at radius 3 is 2.46 bits per heavy atom. The summed E-state index contributed by atoms with van der Waals surface area (Å²) in [6.07, 6.45) is 4.05. The van der Waals surface area contributed by atoms with E-state index in [1.54, 1.807) is 0 Å². The largest absolute Gasteiger partial charge is 0.349 e. The number of piperidine rings is 1. The maximum absolute atomic E-state index is 13.3. The minimum atomic E-state index is -0.200. The lowest BCUT2D eigenvalue weighted by Crippen LogP contribution is -2.45. The molecule has 2 amide bonds. The topological polar surface area (TPSA) is 52.7 Å². The highest BCUT2D eigenvalue weighted by Gasteiger charge is 2.47. The van der Waals surface area contributed by atoms with Crippen LogP contribution in [-0.2, 0) is 16.1 Å². The summed E-state index contributed by atoms with van der Waals surface area (Å²) in [7, 11) is 0. The second kappa shape index (κ2) is 12.6. The summed E-state index contributed by atoms with van der Waals surface area (Å²) >= 11 is 9.67. The first-order chi connectivity index (χ1) is 16.4. The molecule has 2 saturated heterocycles. The normalized spacial score (nSPS) is 18.4. The molecule has 2 aromatic rings. The van der Waals surface area contributed by atoms with E-state index in [1.807, 2.05) is 48.2 Å². The molecule has 2 aromatic carbocycles. The number of hydrogen-bond acceptors (Lipinski definition) is 3. The standard InChI is InChI=1S/C27H33BrClN3O2.ClH/c1-2-25(33)30-24(21-4-3-5-23(29)18-21)10-14-31-15-11-27(12-16-31)13-17-32(26(27)34)19-20-6-8-22(28)9-7-20;/h3-9,18,24H,2,10-17,19H2,1H3,(H,30,33);1H. The molecule has 1 spiro atoms. The van der Waals surface area contributed by atoms with E-state index in [0.29, 0.717) is 23.9 Å². The summed E-state index contributed by atoms with van der Waals surface area (Å²) in [5.41, 5.74) is 2.01. The molecular weight excluding hydrogens is 549 g/mol. The van der Waals surface area contributed by atoms with Crippen molar-refractivity contribution in [3.05, 3.63) is 69.2 Å². The fourth-order valence-electron chi connectivity index (χ4n) is 5.18. The van der Waals surface area contributed by atoms with Gasteiger partial charge in [-0.1, -0.05) is 58.7 Å². The minimum absolute atomic E-state index is 0. The van der Waals surface area contributed by atoms with Crippen molar-refractivity contribution in [2.75, 3.05) is 26.2 Å². The van der Waals surface area contributed by atoms with Crippen LogP contribution in [-0.4, -0.2) is 47.8 Å². The Labute approximate surface area is 228 Å². The molecule has 0 bridgehead atoms. The molecule has 35 heavy (non-hydrogen) atoms. The molecule has 1 unspecified atom stereocenters. The molecule has 4 rings (SSSR count). The Bertz CT molecular complexity index is 1010. The van der Waals surface area contributed by atoms with Crippen molar-refractivity contribution in [2.24, 2.45) is 5.41 Å². The molecule has 1 N–H and O–H groups in total. The van der Waals surface area contributed by atoms with Gasteiger partial charge in [0.15, 0.2) is 0 Å². The van der Waals surface area contributed by atoms with Crippen molar-refractivity contribution in [1.29, 1.82) is 0 Å². The number of nitrogens with one attached hydrogen (secondary N) is 1. The van der Waals surface area contributed by atoms with Crippen LogP contribution in [0.15, 0.2) is 53.0 Å². The first-order valence-electron chi connectivity index (χ1n) is 12.2. The SMILES string of the molecule is CCC(=O)NC(CCN1CCC2(CC1)CCN(Cc1ccc(Br)cc1)C2=O)c1cccc(Cl)c1.Cl. The predicted octanol–water partition coefficient (Wildman–Crippen LogP) is 6.00. The van der Waals surface area contributed by atoms with Crippen molar-refractivity contribution >= 4 is 51.8 Å². The first kappa shape index (κ1) is 28.0. The second-order valence-electron chi connectivity index (χ2n) is 9.54. The number of benzene rings is 2. The van der Waals surface area contributed by atoms with Crippen LogP contribution in [0.3, 0.4) is 0 Å². The van der Waals surface area contributed by atoms with Gasteiger partial charge in [-0.3, -0.25) is 9.59 Å². The van der Waals surface area contributed by atoms with Gasteiger partial charge in [-0.2, -0.15) is 0 Å². The van der Waals surface area contributed by atoms with Crippen LogP contribution in [0.1, 0.15) is 56.2 Å². The van der Waals surface area contributed by atoms with Gasteiger partial charge in [-0.05, 0) is 74.2 Å². The van der Waals surface area contributed by atoms with Gasteiger partial charge in [0.25, 0.3) is 0 Å². The second-order valence-corrected chi connectivity index (χ2v) is 10.9. The maximum atomic E-state index is 13.3. The van der Waals surface area contributed by atoms with Crippen molar-refractivity contribution in [2.45, 2.75) is 51.6 Å². The zero-order chi connectivity index (χ0) is 24.1. The molecule has 2 aliphatic heterocycles. The van der Waals surface area contributed by atoms with E-state index in [1.165, 1.54) is 5.56 Å². The predicted molar refractivity (Wildman–Crippen MR) is 147 cm³/mol. The molecule has 5 nitrogen and oxygen atoms in total. The number of hydrogen-bond donors (Lipinski definition) is 1. The summed E-state index contributed by atoms with van der Waals surface area (Å²) in [6, 6.07) is 15.9. The highest BCUT2D eigenvalue weighted by Crippen LogP contribution is 2.42. The van der Waals surface area contributed by atoms with E-state index in [0.717, 1.165) is 61.9 Å². The van der Waals surface area contributed by atoms with Gasteiger partial charge in [0.05, 0.1) is 11.5 Å². The Morgan fingerprint density at radius 1 is 1.11 bits per heavy atom. The summed E-state index contributed by atoms with van der Waals surface area (Å²) < 4.78 is 1.06. The summed E-state index contributed by atoms with van der Waals surface area (Å²) in [5, 5.41) is 3.83. The molecular formula is C27H34BrCl2N3O2. The summed E-state index contributed by atoms with van der Waals surface area (Å²) in [4.78, 5) is 29.9. The number of carbonyl (C=O) groups excluding carboxylic acids is 2. The molecule has 0 aliphatic carbocycles. The number of likely N-dealkylation sites (tertiary alicyclic amines) is 2. The van der Waals surface area contributed by atoms with E-state index in [-0.39, 0.29) is 29.8 Å². The van der Waals surface area contributed by atoms with Gasteiger partial charge in [0.1, 0.15) is 0 Å². The average Bonchev–Trinajstić information content (AvgIpc) is 3.13. The van der Waals surface area contributed by atoms with Gasteiger partial charge in [0, 0.05) is 35.6 Å². The van der Waals surface area contributed by atoms with E-state index in [4.69, 9.17) is 11.6 Å². The monoisotopic (exact) mass is 581 g/mol. The molecule has 2 aliphatic rings. The number of halogens is 3. The van der Waals surface area contributed by atoms with Crippen molar-refractivity contribution in [1.82, 2.24) is 15.1 Å². The first-order valence-corrected chi connectivity index (χ1v) is 13.4. The molecule has 2 fully saturated rings. The molecule has 190 valence electrons. The lowest BCUT2D eigenvalue weighted by atomic mass is 9.77. The van der Waals surface area contributed by atoms with Gasteiger partial charge in [0.2, 0.25) is 11.8 Å². The Balaban J connectivity index is 0.00000342. The van der Waals surface area contributed by atoms with Crippen LogP contribution in [0, 0.1) is 5.41 Å². The van der Waals surface area contributed by atoms with Gasteiger partial charge in [-0.15, -0.1) is 12.4 Å². The number of amides is 2. The number of nitrogens with zero attached hydrogens (tertiary/aromatic N) is 2. The molecule has 0 aromatic heterocycles.